The zero-order valence-corrected chi connectivity index (χ0v) is 22.7. The smallest absolute Gasteiger partial charge is 0.255 e. The lowest BCUT2D eigenvalue weighted by molar-refractivity contribution is -0.131. The first-order valence-corrected chi connectivity index (χ1v) is 13.9. The number of carbonyl (C=O) groups is 2. The van der Waals surface area contributed by atoms with E-state index in [4.69, 9.17) is 0 Å². The third kappa shape index (κ3) is 5.00. The van der Waals surface area contributed by atoms with E-state index in [1.807, 2.05) is 25.2 Å². The lowest BCUT2D eigenvalue weighted by atomic mass is 9.63. The highest BCUT2D eigenvalue weighted by Crippen LogP contribution is 2.48. The number of rotatable bonds is 6. The number of likely N-dealkylation sites (N-methyl/N-ethyl adjacent to an activating group) is 1. The summed E-state index contributed by atoms with van der Waals surface area (Å²) in [7, 11) is 2.03. The van der Waals surface area contributed by atoms with Crippen molar-refractivity contribution in [2.45, 2.75) is 49.7 Å². The molecule has 3 saturated carbocycles. The molecule has 3 N–H and O–H groups in total. The summed E-state index contributed by atoms with van der Waals surface area (Å²) in [6, 6.07) is 9.51. The number of nitrogens with one attached hydrogen (secondary N) is 2. The Hall–Kier alpha value is -4.01. The Kier molecular flexibility index (Phi) is 6.68. The molecule has 3 aliphatic carbocycles. The van der Waals surface area contributed by atoms with Crippen molar-refractivity contribution in [2.24, 2.45) is 0 Å². The number of piperazine rings is 1. The van der Waals surface area contributed by atoms with E-state index < -0.39 is 5.60 Å². The average molecular weight is 543 g/mol. The van der Waals surface area contributed by atoms with E-state index in [0.29, 0.717) is 35.6 Å². The molecule has 3 aromatic rings. The molecule has 2 bridgehead atoms. The van der Waals surface area contributed by atoms with Crippen LogP contribution in [0, 0.1) is 11.3 Å². The highest BCUT2D eigenvalue weighted by molar-refractivity contribution is 6.01. The van der Waals surface area contributed by atoms with Crippen molar-refractivity contribution in [3.63, 3.8) is 0 Å². The Bertz CT molecular complexity index is 1480. The van der Waals surface area contributed by atoms with Gasteiger partial charge in [-0.05, 0) is 69.8 Å². The van der Waals surface area contributed by atoms with Crippen molar-refractivity contribution in [2.75, 3.05) is 45.1 Å². The van der Waals surface area contributed by atoms with Gasteiger partial charge in [-0.2, -0.15) is 10.4 Å². The summed E-state index contributed by atoms with van der Waals surface area (Å²) >= 11 is 0. The number of carbonyl (C=O) groups excluding carboxylic acids is 2. The van der Waals surface area contributed by atoms with E-state index in [2.05, 4.69) is 31.7 Å². The molecule has 0 radical (unpaired) electrons. The second-order valence-electron chi connectivity index (χ2n) is 11.5. The molecule has 40 heavy (non-hydrogen) atoms. The molecule has 11 heteroatoms. The quantitative estimate of drug-likeness (QED) is 0.430. The highest BCUT2D eigenvalue weighted by Gasteiger charge is 2.48. The van der Waals surface area contributed by atoms with Gasteiger partial charge in [0.25, 0.3) is 5.91 Å². The maximum atomic E-state index is 13.4. The third-order valence-corrected chi connectivity index (χ3v) is 8.90. The molecule has 1 aliphatic heterocycles. The van der Waals surface area contributed by atoms with E-state index in [-0.39, 0.29) is 23.9 Å². The predicted octanol–water partition coefficient (Wildman–Crippen LogP) is 2.02. The van der Waals surface area contributed by atoms with Gasteiger partial charge in [-0.3, -0.25) is 14.6 Å². The molecule has 4 aliphatic rings. The monoisotopic (exact) mass is 542 g/mol. The molecule has 0 atom stereocenters. The Labute approximate surface area is 232 Å². The molecule has 11 nitrogen and oxygen atoms in total. The molecule has 208 valence electrons. The fraction of sp³-hybridized carbons (Fsp3) is 0.483. The van der Waals surface area contributed by atoms with Gasteiger partial charge < -0.3 is 25.5 Å². The molecule has 3 aromatic heterocycles. The van der Waals surface area contributed by atoms with Crippen molar-refractivity contribution in [1.82, 2.24) is 29.7 Å². The van der Waals surface area contributed by atoms with Crippen molar-refractivity contribution in [3.8, 4) is 17.5 Å². The number of hydrogen-bond acceptors (Lipinski definition) is 8. The zero-order chi connectivity index (χ0) is 27.9. The van der Waals surface area contributed by atoms with Crippen LogP contribution in [0.3, 0.4) is 0 Å². The zero-order valence-electron chi connectivity index (χ0n) is 22.7. The Balaban J connectivity index is 1.28. The predicted molar refractivity (Wildman–Crippen MR) is 149 cm³/mol. The average Bonchev–Trinajstić information content (AvgIpc) is 3.40. The van der Waals surface area contributed by atoms with Crippen molar-refractivity contribution < 1.29 is 14.7 Å². The van der Waals surface area contributed by atoms with Crippen molar-refractivity contribution >= 4 is 23.0 Å². The molecule has 7 rings (SSSR count). The van der Waals surface area contributed by atoms with Crippen LogP contribution in [0.5, 0.6) is 0 Å². The lowest BCUT2D eigenvalue weighted by Crippen LogP contribution is -2.54. The summed E-state index contributed by atoms with van der Waals surface area (Å²) < 4.78 is 1.72. The van der Waals surface area contributed by atoms with Gasteiger partial charge in [-0.25, -0.2) is 4.52 Å². The number of pyridine rings is 1. The minimum atomic E-state index is -0.574. The van der Waals surface area contributed by atoms with Crippen molar-refractivity contribution in [1.29, 1.82) is 5.26 Å². The molecule has 0 spiro atoms. The topological polar surface area (TPSA) is 139 Å². The standard InChI is InChI=1S/C29H34N8O3/c1-35-10-12-36(13-11-35)26(38)19-32-27(39)22-18-31-24(25-3-2-21-14-20(16-30)17-33-37(21)25)15-23(22)34-28-4-7-29(40,8-5-28)9-6-28/h2-3,14-15,17-18,40H,4-13,19H2,1H3,(H,31,34)(H,32,39). The van der Waals surface area contributed by atoms with Gasteiger partial charge >= 0.3 is 0 Å². The first-order valence-electron chi connectivity index (χ1n) is 13.9. The Morgan fingerprint density at radius 3 is 2.48 bits per heavy atom. The lowest BCUT2D eigenvalue weighted by Gasteiger charge is -2.51. The van der Waals surface area contributed by atoms with Crippen LogP contribution in [0.1, 0.15) is 54.4 Å². The number of aliphatic hydroxyl groups is 1. The summed E-state index contributed by atoms with van der Waals surface area (Å²) in [6.45, 7) is 2.86. The van der Waals surface area contributed by atoms with Crippen LogP contribution in [-0.4, -0.2) is 92.2 Å². The maximum Gasteiger partial charge on any atom is 0.255 e. The molecule has 0 aromatic carbocycles. The maximum absolute atomic E-state index is 13.4. The minimum Gasteiger partial charge on any atom is -0.390 e. The number of hydrogen-bond donors (Lipinski definition) is 3. The van der Waals surface area contributed by atoms with Gasteiger partial charge in [0.2, 0.25) is 5.91 Å². The van der Waals surface area contributed by atoms with Crippen LogP contribution in [0.2, 0.25) is 0 Å². The van der Waals surface area contributed by atoms with E-state index in [9.17, 15) is 20.0 Å². The molecule has 2 amide bonds. The SMILES string of the molecule is CN1CCN(C(=O)CNC(=O)c2cnc(-c3ccc4cc(C#N)cnn34)cc2NC23CCC(O)(CC2)CC3)CC1. The minimum absolute atomic E-state index is 0.0730. The largest absolute Gasteiger partial charge is 0.390 e. The number of nitriles is 1. The summed E-state index contributed by atoms with van der Waals surface area (Å²) in [5, 5.41) is 30.9. The van der Waals surface area contributed by atoms with Gasteiger partial charge in [0, 0.05) is 37.9 Å². The van der Waals surface area contributed by atoms with Crippen molar-refractivity contribution in [3.05, 3.63) is 47.8 Å². The first-order chi connectivity index (χ1) is 19.3. The summed E-state index contributed by atoms with van der Waals surface area (Å²) in [4.78, 5) is 34.8. The van der Waals surface area contributed by atoms with Crippen LogP contribution in [0.25, 0.3) is 16.9 Å². The summed E-state index contributed by atoms with van der Waals surface area (Å²) in [5.41, 5.74) is 2.83. The molecular formula is C29H34N8O3. The van der Waals surface area contributed by atoms with E-state index in [1.165, 1.54) is 6.20 Å². The fourth-order valence-corrected chi connectivity index (χ4v) is 6.19. The molecule has 0 unspecified atom stereocenters. The summed E-state index contributed by atoms with van der Waals surface area (Å²) in [5.74, 6) is -0.458. The number of amides is 2. The van der Waals surface area contributed by atoms with E-state index in [0.717, 1.165) is 62.8 Å². The molecule has 4 heterocycles. The normalized spacial score (nSPS) is 24.6. The third-order valence-electron chi connectivity index (χ3n) is 8.90. The van der Waals surface area contributed by atoms with Gasteiger partial charge in [-0.15, -0.1) is 0 Å². The van der Waals surface area contributed by atoms with Crippen LogP contribution < -0.4 is 10.6 Å². The highest BCUT2D eigenvalue weighted by atomic mass is 16.3. The molecule has 1 saturated heterocycles. The van der Waals surface area contributed by atoms with E-state index >= 15 is 0 Å². The summed E-state index contributed by atoms with van der Waals surface area (Å²) in [6.07, 6.45) is 7.70. The Morgan fingerprint density at radius 1 is 1.05 bits per heavy atom. The molecular weight excluding hydrogens is 508 g/mol. The van der Waals surface area contributed by atoms with Crippen LogP contribution in [0.4, 0.5) is 5.69 Å². The first kappa shape index (κ1) is 26.2. The number of nitrogens with zero attached hydrogens (tertiary/aromatic N) is 6. The van der Waals surface area contributed by atoms with Gasteiger partial charge in [0.1, 0.15) is 6.07 Å². The number of aromatic nitrogens is 3. The van der Waals surface area contributed by atoms with Gasteiger partial charge in [0.15, 0.2) is 0 Å². The second kappa shape index (κ2) is 10.2. The van der Waals surface area contributed by atoms with Gasteiger partial charge in [0.05, 0.1) is 52.1 Å². The van der Waals surface area contributed by atoms with Crippen LogP contribution in [-0.2, 0) is 4.79 Å². The second-order valence-corrected chi connectivity index (χ2v) is 11.5. The van der Waals surface area contributed by atoms with Crippen LogP contribution in [0.15, 0.2) is 36.7 Å². The number of fused-ring (bicyclic) bond motifs is 4. The van der Waals surface area contributed by atoms with E-state index in [1.54, 1.807) is 21.7 Å². The fourth-order valence-electron chi connectivity index (χ4n) is 6.19. The van der Waals surface area contributed by atoms with Crippen LogP contribution >= 0.6 is 0 Å². The molecule has 4 fully saturated rings. The number of anilines is 1. The Morgan fingerprint density at radius 2 is 1.77 bits per heavy atom. The van der Waals surface area contributed by atoms with Gasteiger partial charge in [-0.1, -0.05) is 0 Å².